The van der Waals surface area contributed by atoms with Crippen molar-refractivity contribution >= 4 is 0 Å². The van der Waals surface area contributed by atoms with Gasteiger partial charge in [0.25, 0.3) is 0 Å². The van der Waals surface area contributed by atoms with Gasteiger partial charge in [0, 0.05) is 11.6 Å². The molecular formula is C14H22FN. The predicted molar refractivity (Wildman–Crippen MR) is 66.9 cm³/mol. The number of nitrogens with two attached hydrogens (primary N) is 1. The molecule has 0 heterocycles. The van der Waals surface area contributed by atoms with Crippen LogP contribution in [0.4, 0.5) is 4.39 Å². The summed E-state index contributed by atoms with van der Waals surface area (Å²) >= 11 is 0. The van der Waals surface area contributed by atoms with E-state index in [0.29, 0.717) is 5.56 Å². The first kappa shape index (κ1) is 13.2. The second-order valence-electron chi connectivity index (χ2n) is 5.85. The average molecular weight is 223 g/mol. The maximum Gasteiger partial charge on any atom is 0.128 e. The van der Waals surface area contributed by atoms with E-state index < -0.39 is 0 Å². The fourth-order valence-corrected chi connectivity index (χ4v) is 2.16. The van der Waals surface area contributed by atoms with E-state index >= 15 is 0 Å². The van der Waals surface area contributed by atoms with Crippen LogP contribution in [-0.4, -0.2) is 0 Å². The summed E-state index contributed by atoms with van der Waals surface area (Å²) in [6.07, 6.45) is 0.786. The van der Waals surface area contributed by atoms with Crippen LogP contribution in [0.25, 0.3) is 0 Å². The van der Waals surface area contributed by atoms with Crippen molar-refractivity contribution in [2.24, 2.45) is 11.1 Å². The number of aryl methyl sites for hydroxylation is 2. The normalized spacial score (nSPS) is 13.9. The molecule has 1 aromatic rings. The van der Waals surface area contributed by atoms with Crippen LogP contribution in [0.3, 0.4) is 0 Å². The molecule has 1 nitrogen and oxygen atoms in total. The maximum atomic E-state index is 13.9. The van der Waals surface area contributed by atoms with Crippen molar-refractivity contribution < 1.29 is 4.39 Å². The largest absolute Gasteiger partial charge is 0.324 e. The summed E-state index contributed by atoms with van der Waals surface area (Å²) in [5.74, 6) is -0.172. The molecule has 2 heteroatoms. The number of hydrogen-bond acceptors (Lipinski definition) is 1. The second-order valence-corrected chi connectivity index (χ2v) is 5.85. The summed E-state index contributed by atoms with van der Waals surface area (Å²) in [5, 5.41) is 0. The van der Waals surface area contributed by atoms with Gasteiger partial charge in [0.05, 0.1) is 0 Å². The van der Waals surface area contributed by atoms with Gasteiger partial charge in [-0.15, -0.1) is 0 Å². The standard InChI is InChI=1S/C14H22FN/c1-9-6-10(2)13(11(15)7-9)12(16)8-14(3,4)5/h6-7,12H,8,16H2,1-5H3. The van der Waals surface area contributed by atoms with Gasteiger partial charge in [-0.05, 0) is 42.9 Å². The molecule has 1 aromatic carbocycles. The zero-order valence-corrected chi connectivity index (χ0v) is 10.9. The number of benzene rings is 1. The van der Waals surface area contributed by atoms with Gasteiger partial charge in [0.1, 0.15) is 5.82 Å². The lowest BCUT2D eigenvalue weighted by Crippen LogP contribution is -2.20. The SMILES string of the molecule is Cc1cc(C)c(C(N)CC(C)(C)C)c(F)c1. The minimum atomic E-state index is -0.222. The van der Waals surface area contributed by atoms with E-state index in [9.17, 15) is 4.39 Å². The van der Waals surface area contributed by atoms with E-state index in [2.05, 4.69) is 20.8 Å². The molecule has 0 bridgehead atoms. The maximum absolute atomic E-state index is 13.9. The molecule has 0 amide bonds. The van der Waals surface area contributed by atoms with E-state index in [1.54, 1.807) is 6.07 Å². The Balaban J connectivity index is 3.04. The molecular weight excluding hydrogens is 201 g/mol. The van der Waals surface area contributed by atoms with Gasteiger partial charge in [-0.3, -0.25) is 0 Å². The molecule has 16 heavy (non-hydrogen) atoms. The molecule has 90 valence electrons. The first-order chi connectivity index (χ1) is 7.20. The topological polar surface area (TPSA) is 26.0 Å². The average Bonchev–Trinajstić information content (AvgIpc) is 1.96. The fraction of sp³-hybridized carbons (Fsp3) is 0.571. The van der Waals surface area contributed by atoms with Crippen molar-refractivity contribution in [2.75, 3.05) is 0 Å². The van der Waals surface area contributed by atoms with Crippen molar-refractivity contribution in [1.29, 1.82) is 0 Å². The number of rotatable bonds is 2. The van der Waals surface area contributed by atoms with Gasteiger partial charge in [-0.1, -0.05) is 26.8 Å². The quantitative estimate of drug-likeness (QED) is 0.809. The van der Waals surface area contributed by atoms with Crippen molar-refractivity contribution in [3.05, 3.63) is 34.6 Å². The zero-order valence-electron chi connectivity index (χ0n) is 10.9. The van der Waals surface area contributed by atoms with Gasteiger partial charge in [0.15, 0.2) is 0 Å². The Hall–Kier alpha value is -0.890. The first-order valence-corrected chi connectivity index (χ1v) is 5.73. The van der Waals surface area contributed by atoms with E-state index in [0.717, 1.165) is 17.5 Å². The fourth-order valence-electron chi connectivity index (χ4n) is 2.16. The molecule has 0 aromatic heterocycles. The molecule has 0 fully saturated rings. The molecule has 1 rings (SSSR count). The molecule has 0 saturated carbocycles. The van der Waals surface area contributed by atoms with E-state index in [4.69, 9.17) is 5.73 Å². The smallest absolute Gasteiger partial charge is 0.128 e. The van der Waals surface area contributed by atoms with Crippen molar-refractivity contribution in [3.63, 3.8) is 0 Å². The molecule has 0 aliphatic carbocycles. The van der Waals surface area contributed by atoms with Gasteiger partial charge in [-0.2, -0.15) is 0 Å². The van der Waals surface area contributed by atoms with Crippen LogP contribution < -0.4 is 5.73 Å². The lowest BCUT2D eigenvalue weighted by Gasteiger charge is -2.25. The molecule has 2 N–H and O–H groups in total. The van der Waals surface area contributed by atoms with Crippen LogP contribution in [0.1, 0.15) is 49.9 Å². The van der Waals surface area contributed by atoms with Crippen LogP contribution in [0.5, 0.6) is 0 Å². The third-order valence-electron chi connectivity index (χ3n) is 2.68. The molecule has 0 aliphatic rings. The van der Waals surface area contributed by atoms with Crippen LogP contribution in [-0.2, 0) is 0 Å². The molecule has 1 atom stereocenters. The number of hydrogen-bond donors (Lipinski definition) is 1. The van der Waals surface area contributed by atoms with Crippen LogP contribution in [0.2, 0.25) is 0 Å². The highest BCUT2D eigenvalue weighted by Gasteiger charge is 2.21. The molecule has 1 unspecified atom stereocenters. The number of halogens is 1. The highest BCUT2D eigenvalue weighted by molar-refractivity contribution is 5.34. The summed E-state index contributed by atoms with van der Waals surface area (Å²) in [6, 6.07) is 3.33. The molecule has 0 radical (unpaired) electrons. The summed E-state index contributed by atoms with van der Waals surface area (Å²) in [5.41, 5.74) is 8.77. The van der Waals surface area contributed by atoms with Crippen LogP contribution >= 0.6 is 0 Å². The second kappa shape index (κ2) is 4.54. The predicted octanol–water partition coefficient (Wildman–Crippen LogP) is 3.88. The lowest BCUT2D eigenvalue weighted by atomic mass is 9.84. The Bertz CT molecular complexity index is 354. The first-order valence-electron chi connectivity index (χ1n) is 5.73. The van der Waals surface area contributed by atoms with Gasteiger partial charge in [-0.25, -0.2) is 4.39 Å². The van der Waals surface area contributed by atoms with E-state index in [1.807, 2.05) is 19.9 Å². The summed E-state index contributed by atoms with van der Waals surface area (Å²) in [4.78, 5) is 0. The Kier molecular flexibility index (Phi) is 3.74. The Morgan fingerprint density at radius 1 is 1.25 bits per heavy atom. The minimum Gasteiger partial charge on any atom is -0.324 e. The van der Waals surface area contributed by atoms with Crippen molar-refractivity contribution in [2.45, 2.75) is 47.1 Å². The summed E-state index contributed by atoms with van der Waals surface area (Å²) in [7, 11) is 0. The highest BCUT2D eigenvalue weighted by Crippen LogP contribution is 2.31. The Morgan fingerprint density at radius 2 is 1.81 bits per heavy atom. The van der Waals surface area contributed by atoms with Crippen molar-refractivity contribution in [3.8, 4) is 0 Å². The van der Waals surface area contributed by atoms with Crippen LogP contribution in [0.15, 0.2) is 12.1 Å². The van der Waals surface area contributed by atoms with Gasteiger partial charge >= 0.3 is 0 Å². The Morgan fingerprint density at radius 3 is 2.25 bits per heavy atom. The molecule has 0 spiro atoms. The minimum absolute atomic E-state index is 0.114. The van der Waals surface area contributed by atoms with Crippen LogP contribution in [0, 0.1) is 25.1 Å². The van der Waals surface area contributed by atoms with E-state index in [1.165, 1.54) is 0 Å². The summed E-state index contributed by atoms with van der Waals surface area (Å²) in [6.45, 7) is 10.2. The Labute approximate surface area is 97.9 Å². The third-order valence-corrected chi connectivity index (χ3v) is 2.68. The van der Waals surface area contributed by atoms with Gasteiger partial charge < -0.3 is 5.73 Å². The highest BCUT2D eigenvalue weighted by atomic mass is 19.1. The lowest BCUT2D eigenvalue weighted by molar-refractivity contribution is 0.338. The van der Waals surface area contributed by atoms with Crippen molar-refractivity contribution in [1.82, 2.24) is 0 Å². The molecule has 0 saturated heterocycles. The van der Waals surface area contributed by atoms with Gasteiger partial charge in [0.2, 0.25) is 0 Å². The zero-order chi connectivity index (χ0) is 12.5. The van der Waals surface area contributed by atoms with E-state index in [-0.39, 0.29) is 17.3 Å². The third kappa shape index (κ3) is 3.31. The monoisotopic (exact) mass is 223 g/mol. The summed E-state index contributed by atoms with van der Waals surface area (Å²) < 4.78 is 13.9. The molecule has 0 aliphatic heterocycles.